The van der Waals surface area contributed by atoms with Crippen molar-refractivity contribution in [3.63, 3.8) is 0 Å². The van der Waals surface area contributed by atoms with Gasteiger partial charge >= 0.3 is 5.97 Å². The number of esters is 1. The Morgan fingerprint density at radius 3 is 2.50 bits per heavy atom. The predicted octanol–water partition coefficient (Wildman–Crippen LogP) is 1.73. The fourth-order valence-electron chi connectivity index (χ4n) is 1.61. The number of hydrogen-bond acceptors (Lipinski definition) is 4. The zero-order valence-electron chi connectivity index (χ0n) is 11.0. The second-order valence-corrected chi connectivity index (χ2v) is 4.20. The highest BCUT2D eigenvalue weighted by molar-refractivity contribution is 5.80. The lowest BCUT2D eigenvalue weighted by Gasteiger charge is -2.28. The molecule has 0 rings (SSSR count). The summed E-state index contributed by atoms with van der Waals surface area (Å²) in [6.07, 6.45) is 3.71. The molecule has 0 fully saturated rings. The van der Waals surface area contributed by atoms with Crippen molar-refractivity contribution in [1.29, 1.82) is 0 Å². The number of hydrogen-bond donors (Lipinski definition) is 1. The number of methoxy groups -OCH3 is 2. The molecule has 0 aromatic rings. The Morgan fingerprint density at radius 2 is 2.00 bits per heavy atom. The molecule has 1 atom stereocenters. The van der Waals surface area contributed by atoms with Crippen LogP contribution in [0.1, 0.15) is 39.5 Å². The highest BCUT2D eigenvalue weighted by Gasteiger charge is 2.32. The number of rotatable bonds is 9. The molecular formula is C12H25NO3. The third kappa shape index (κ3) is 5.47. The Morgan fingerprint density at radius 1 is 1.31 bits per heavy atom. The number of nitrogens with one attached hydrogen (secondary N) is 1. The second kappa shape index (κ2) is 8.53. The SMILES string of the molecule is CCCNC(C)(CCCCOC)C(=O)OC. The van der Waals surface area contributed by atoms with Crippen molar-refractivity contribution in [3.05, 3.63) is 0 Å². The summed E-state index contributed by atoms with van der Waals surface area (Å²) in [6, 6.07) is 0. The summed E-state index contributed by atoms with van der Waals surface area (Å²) in [4.78, 5) is 11.7. The van der Waals surface area contributed by atoms with Crippen LogP contribution in [-0.2, 0) is 14.3 Å². The largest absolute Gasteiger partial charge is 0.468 e. The molecule has 0 saturated carbocycles. The Kier molecular flexibility index (Phi) is 8.21. The number of carbonyl (C=O) groups excluding carboxylic acids is 1. The van der Waals surface area contributed by atoms with Gasteiger partial charge in [-0.2, -0.15) is 0 Å². The highest BCUT2D eigenvalue weighted by Crippen LogP contribution is 2.16. The summed E-state index contributed by atoms with van der Waals surface area (Å²) in [7, 11) is 3.12. The quantitative estimate of drug-likeness (QED) is 0.485. The van der Waals surface area contributed by atoms with E-state index in [-0.39, 0.29) is 5.97 Å². The molecule has 0 heterocycles. The number of carbonyl (C=O) groups is 1. The molecule has 0 radical (unpaired) electrons. The fourth-order valence-corrected chi connectivity index (χ4v) is 1.61. The molecule has 0 amide bonds. The monoisotopic (exact) mass is 231 g/mol. The summed E-state index contributed by atoms with van der Waals surface area (Å²) in [5, 5.41) is 3.26. The first kappa shape index (κ1) is 15.4. The van der Waals surface area contributed by atoms with Crippen molar-refractivity contribution in [2.24, 2.45) is 0 Å². The molecule has 1 N–H and O–H groups in total. The third-order valence-electron chi connectivity index (χ3n) is 2.68. The van der Waals surface area contributed by atoms with Crippen molar-refractivity contribution in [3.8, 4) is 0 Å². The molecule has 4 heteroatoms. The van der Waals surface area contributed by atoms with Gasteiger partial charge in [-0.15, -0.1) is 0 Å². The third-order valence-corrected chi connectivity index (χ3v) is 2.68. The van der Waals surface area contributed by atoms with Gasteiger partial charge in [0.1, 0.15) is 5.54 Å². The Balaban J connectivity index is 4.13. The first-order valence-electron chi connectivity index (χ1n) is 5.93. The zero-order chi connectivity index (χ0) is 12.4. The van der Waals surface area contributed by atoms with Gasteiger partial charge in [0.15, 0.2) is 0 Å². The molecule has 1 unspecified atom stereocenters. The van der Waals surface area contributed by atoms with E-state index < -0.39 is 5.54 Å². The lowest BCUT2D eigenvalue weighted by molar-refractivity contribution is -0.148. The minimum absolute atomic E-state index is 0.182. The summed E-state index contributed by atoms with van der Waals surface area (Å²) >= 11 is 0. The highest BCUT2D eigenvalue weighted by atomic mass is 16.5. The first-order valence-corrected chi connectivity index (χ1v) is 5.93. The van der Waals surface area contributed by atoms with Gasteiger partial charge in [-0.1, -0.05) is 6.92 Å². The minimum Gasteiger partial charge on any atom is -0.468 e. The van der Waals surface area contributed by atoms with E-state index in [2.05, 4.69) is 12.2 Å². The van der Waals surface area contributed by atoms with E-state index in [0.29, 0.717) is 0 Å². The van der Waals surface area contributed by atoms with Crippen LogP contribution in [0.15, 0.2) is 0 Å². The minimum atomic E-state index is -0.557. The average Bonchev–Trinajstić information content (AvgIpc) is 2.31. The first-order chi connectivity index (χ1) is 7.60. The second-order valence-electron chi connectivity index (χ2n) is 4.20. The van der Waals surface area contributed by atoms with Gasteiger partial charge in [0.05, 0.1) is 7.11 Å². The Hall–Kier alpha value is -0.610. The lowest BCUT2D eigenvalue weighted by Crippen LogP contribution is -2.50. The van der Waals surface area contributed by atoms with Crippen LogP contribution >= 0.6 is 0 Å². The van der Waals surface area contributed by atoms with Crippen LogP contribution in [0.3, 0.4) is 0 Å². The van der Waals surface area contributed by atoms with Crippen LogP contribution in [0.5, 0.6) is 0 Å². The fraction of sp³-hybridized carbons (Fsp3) is 0.917. The predicted molar refractivity (Wildman–Crippen MR) is 64.4 cm³/mol. The molecule has 0 aliphatic rings. The maximum atomic E-state index is 11.7. The van der Waals surface area contributed by atoms with Crippen LogP contribution in [0.25, 0.3) is 0 Å². The summed E-state index contributed by atoms with van der Waals surface area (Å²) in [5.74, 6) is -0.182. The van der Waals surface area contributed by atoms with E-state index in [4.69, 9.17) is 9.47 Å². The van der Waals surface area contributed by atoms with Crippen LogP contribution in [0.2, 0.25) is 0 Å². The van der Waals surface area contributed by atoms with E-state index in [1.165, 1.54) is 7.11 Å². The maximum absolute atomic E-state index is 11.7. The molecular weight excluding hydrogens is 206 g/mol. The Bertz CT molecular complexity index is 197. The molecule has 96 valence electrons. The molecule has 0 spiro atoms. The Labute approximate surface area is 98.7 Å². The van der Waals surface area contributed by atoms with Gasteiger partial charge in [-0.25, -0.2) is 0 Å². The standard InChI is InChI=1S/C12H25NO3/c1-5-9-13-12(2,11(14)16-4)8-6-7-10-15-3/h13H,5-10H2,1-4H3. The van der Waals surface area contributed by atoms with Gasteiger partial charge < -0.3 is 14.8 Å². The van der Waals surface area contributed by atoms with Crippen molar-refractivity contribution in [2.75, 3.05) is 27.4 Å². The van der Waals surface area contributed by atoms with Gasteiger partial charge in [-0.3, -0.25) is 4.79 Å². The molecule has 0 bridgehead atoms. The summed E-state index contributed by atoms with van der Waals surface area (Å²) in [5.41, 5.74) is -0.557. The number of unbranched alkanes of at least 4 members (excludes halogenated alkanes) is 1. The molecule has 0 saturated heterocycles. The van der Waals surface area contributed by atoms with E-state index >= 15 is 0 Å². The van der Waals surface area contributed by atoms with E-state index in [9.17, 15) is 4.79 Å². The molecule has 0 aromatic heterocycles. The smallest absolute Gasteiger partial charge is 0.325 e. The van der Waals surface area contributed by atoms with Gasteiger partial charge in [-0.05, 0) is 39.2 Å². The van der Waals surface area contributed by atoms with Gasteiger partial charge in [0, 0.05) is 13.7 Å². The van der Waals surface area contributed by atoms with Crippen LogP contribution in [-0.4, -0.2) is 38.9 Å². The average molecular weight is 231 g/mol. The number of ether oxygens (including phenoxy) is 2. The van der Waals surface area contributed by atoms with E-state index in [1.807, 2.05) is 6.92 Å². The van der Waals surface area contributed by atoms with Crippen molar-refractivity contribution < 1.29 is 14.3 Å². The summed E-state index contributed by atoms with van der Waals surface area (Å²) < 4.78 is 9.82. The normalized spacial score (nSPS) is 14.5. The molecule has 0 aromatic carbocycles. The van der Waals surface area contributed by atoms with Crippen molar-refractivity contribution in [2.45, 2.75) is 45.1 Å². The van der Waals surface area contributed by atoms with Crippen LogP contribution in [0.4, 0.5) is 0 Å². The van der Waals surface area contributed by atoms with Crippen LogP contribution < -0.4 is 5.32 Å². The van der Waals surface area contributed by atoms with Gasteiger partial charge in [0.25, 0.3) is 0 Å². The topological polar surface area (TPSA) is 47.6 Å². The zero-order valence-corrected chi connectivity index (χ0v) is 11.0. The van der Waals surface area contributed by atoms with Crippen molar-refractivity contribution >= 4 is 5.97 Å². The summed E-state index contributed by atoms with van der Waals surface area (Å²) in [6.45, 7) is 5.55. The molecule has 4 nitrogen and oxygen atoms in total. The molecule has 0 aliphatic carbocycles. The maximum Gasteiger partial charge on any atom is 0.325 e. The van der Waals surface area contributed by atoms with E-state index in [0.717, 1.165) is 38.8 Å². The van der Waals surface area contributed by atoms with Crippen molar-refractivity contribution in [1.82, 2.24) is 5.32 Å². The lowest BCUT2D eigenvalue weighted by atomic mass is 9.94. The molecule has 0 aliphatic heterocycles. The van der Waals surface area contributed by atoms with E-state index in [1.54, 1.807) is 7.11 Å². The molecule has 16 heavy (non-hydrogen) atoms. The van der Waals surface area contributed by atoms with Crippen LogP contribution in [0, 0.1) is 0 Å². The van der Waals surface area contributed by atoms with Gasteiger partial charge in [0.2, 0.25) is 0 Å².